The Morgan fingerprint density at radius 3 is 1.50 bits per heavy atom. The van der Waals surface area contributed by atoms with Crippen molar-refractivity contribution < 1.29 is 49.0 Å². The summed E-state index contributed by atoms with van der Waals surface area (Å²) in [4.78, 5) is 0. The van der Waals surface area contributed by atoms with Gasteiger partial charge in [0.2, 0.25) is 0 Å². The minimum atomic E-state index is -0.981. The van der Waals surface area contributed by atoms with Gasteiger partial charge in [-0.1, -0.05) is 105 Å². The molecule has 4 aliphatic rings. The van der Waals surface area contributed by atoms with Crippen LogP contribution in [0.4, 0.5) is 0 Å². The second-order valence-corrected chi connectivity index (χ2v) is 25.4. The molecule has 4 heteroatoms. The number of allylic oxidation sites excluding steroid dienone is 4. The zero-order valence-electron chi connectivity index (χ0n) is 34.6. The molecule has 4 aliphatic carbocycles. The van der Waals surface area contributed by atoms with Crippen LogP contribution < -0.4 is 24.8 Å². The van der Waals surface area contributed by atoms with Gasteiger partial charge in [-0.25, -0.2) is 11.3 Å². The van der Waals surface area contributed by atoms with Gasteiger partial charge in [-0.15, -0.1) is 11.8 Å². The third kappa shape index (κ3) is 9.37. The molecule has 0 bridgehead atoms. The molecule has 0 fully saturated rings. The van der Waals surface area contributed by atoms with Crippen molar-refractivity contribution in [1.29, 1.82) is 0 Å². The molecule has 8 rings (SSSR count). The molecule has 284 valence electrons. The van der Waals surface area contributed by atoms with Crippen LogP contribution in [-0.2, 0) is 52.3 Å². The molecule has 0 radical (unpaired) electrons. The summed E-state index contributed by atoms with van der Waals surface area (Å²) in [6.07, 6.45) is 16.0. The summed E-state index contributed by atoms with van der Waals surface area (Å²) in [6.45, 7) is 26.5. The van der Waals surface area contributed by atoms with E-state index in [4.69, 9.17) is 0 Å². The van der Waals surface area contributed by atoms with Crippen LogP contribution in [0.1, 0.15) is 126 Å². The molecule has 0 spiro atoms. The van der Waals surface area contributed by atoms with Gasteiger partial charge in [0.05, 0.1) is 0 Å². The molecule has 0 unspecified atom stereocenters. The van der Waals surface area contributed by atoms with Crippen molar-refractivity contribution in [2.45, 2.75) is 129 Å². The normalized spacial score (nSPS) is 18.6. The van der Waals surface area contributed by atoms with Gasteiger partial charge in [-0.3, -0.25) is 6.08 Å². The molecule has 0 heterocycles. The Bertz CT molecular complexity index is 1900. The molecule has 0 saturated carbocycles. The number of benzene rings is 4. The Morgan fingerprint density at radius 2 is 1.07 bits per heavy atom. The first-order valence-corrected chi connectivity index (χ1v) is 24.2. The van der Waals surface area contributed by atoms with Crippen molar-refractivity contribution in [3.63, 3.8) is 0 Å². The maximum atomic E-state index is 3.20. The second-order valence-electron chi connectivity index (χ2n) is 19.1. The Balaban J connectivity index is 0.000000216. The molecular weight excluding hydrogens is 791 g/mol. The van der Waals surface area contributed by atoms with Crippen LogP contribution in [0.15, 0.2) is 102 Å². The van der Waals surface area contributed by atoms with Crippen molar-refractivity contribution in [1.82, 2.24) is 0 Å². The molecule has 0 aromatic heterocycles. The van der Waals surface area contributed by atoms with Gasteiger partial charge in [0.25, 0.3) is 0 Å². The topological polar surface area (TPSA) is 0 Å². The standard InChI is InChI=1S/C29H37.C13H10.C8H13Si.2ClH.Zr/c1-26(2)9-11-28(5,6)24-16-20-18(14-22(24)26)13-19-15-23-25(17-21(19)20)29(7,8)12-10-27(23,3)4;1-3-7-12(8-4-1)11-13-9-5-2-6-10-13;1-9(2,3)8-6-4-5-7-8;;;/h9,14-17H,10-13H2,1-8H3;1-10H;6-7H,4H2,1-3H3;2*1H;/q-1;;-1;;;+2/p-2. The number of rotatable bonds is 3. The van der Waals surface area contributed by atoms with Gasteiger partial charge in [0.15, 0.2) is 0 Å². The molecule has 0 saturated heterocycles. The summed E-state index contributed by atoms with van der Waals surface area (Å²) in [5.74, 6) is 0. The van der Waals surface area contributed by atoms with E-state index in [-0.39, 0.29) is 46.5 Å². The van der Waals surface area contributed by atoms with Crippen LogP contribution in [0.25, 0.3) is 11.1 Å². The molecule has 0 atom stereocenters. The first-order valence-electron chi connectivity index (χ1n) is 19.5. The van der Waals surface area contributed by atoms with Crippen molar-refractivity contribution >= 4 is 11.3 Å². The van der Waals surface area contributed by atoms with Gasteiger partial charge in [0, 0.05) is 0 Å². The van der Waals surface area contributed by atoms with Crippen LogP contribution in [0.3, 0.4) is 0 Å². The third-order valence-corrected chi connectivity index (χ3v) is 15.7. The summed E-state index contributed by atoms with van der Waals surface area (Å²) >= 11 is 1.46. The predicted molar refractivity (Wildman–Crippen MR) is 225 cm³/mol. The average Bonchev–Trinajstić information content (AvgIpc) is 3.78. The quantitative estimate of drug-likeness (QED) is 0.134. The van der Waals surface area contributed by atoms with E-state index in [1.807, 2.05) is 0 Å². The molecule has 54 heavy (non-hydrogen) atoms. The van der Waals surface area contributed by atoms with E-state index in [1.54, 1.807) is 33.0 Å². The SMILES string of the molecule is CC1(C)[CH-]CC(C)(C)c2cc3c(cc21)Cc1cc2c(cc1-3)C(C)(C)CCC2(C)C.C[Si](C)(C)C1=CC[C-]=C1.[Cl-].[Cl-].[Zr+2]=[C](c1ccccc1)c1ccccc1. The van der Waals surface area contributed by atoms with E-state index in [0.717, 1.165) is 19.3 Å². The first kappa shape index (κ1) is 44.6. The van der Waals surface area contributed by atoms with E-state index in [9.17, 15) is 0 Å². The fourth-order valence-electron chi connectivity index (χ4n) is 8.42. The number of hydrogen-bond acceptors (Lipinski definition) is 0. The first-order chi connectivity index (χ1) is 24.3. The molecule has 0 aliphatic heterocycles. The summed E-state index contributed by atoms with van der Waals surface area (Å²) in [5.41, 5.74) is 16.0. The zero-order valence-corrected chi connectivity index (χ0v) is 39.6. The third-order valence-electron chi connectivity index (χ3n) is 12.2. The van der Waals surface area contributed by atoms with Crippen LogP contribution in [0.5, 0.6) is 0 Å². The van der Waals surface area contributed by atoms with E-state index in [0.29, 0.717) is 0 Å². The van der Waals surface area contributed by atoms with Crippen LogP contribution in [0.2, 0.25) is 19.6 Å². The minimum absolute atomic E-state index is 0. The summed E-state index contributed by atoms with van der Waals surface area (Å²) in [5, 5.41) is 1.56. The molecule has 4 aromatic rings. The predicted octanol–water partition coefficient (Wildman–Crippen LogP) is 7.13. The molecule has 0 amide bonds. The Morgan fingerprint density at radius 1 is 0.630 bits per heavy atom. The van der Waals surface area contributed by atoms with E-state index >= 15 is 0 Å². The van der Waals surface area contributed by atoms with Crippen molar-refractivity contribution in [2.75, 3.05) is 0 Å². The van der Waals surface area contributed by atoms with E-state index < -0.39 is 8.07 Å². The van der Waals surface area contributed by atoms with Crippen molar-refractivity contribution in [2.24, 2.45) is 0 Å². The van der Waals surface area contributed by atoms with Gasteiger partial charge in [0.1, 0.15) is 0 Å². The van der Waals surface area contributed by atoms with Crippen LogP contribution in [0, 0.1) is 12.5 Å². The summed E-state index contributed by atoms with van der Waals surface area (Å²) in [7, 11) is -0.981. The van der Waals surface area contributed by atoms with Gasteiger partial charge in [-0.05, 0) is 82.5 Å². The van der Waals surface area contributed by atoms with Crippen molar-refractivity contribution in [3.05, 3.63) is 159 Å². The van der Waals surface area contributed by atoms with Gasteiger partial charge < -0.3 is 31.2 Å². The fourth-order valence-corrected chi connectivity index (χ4v) is 10.5. The van der Waals surface area contributed by atoms with E-state index in [1.165, 1.54) is 68.1 Å². The Labute approximate surface area is 356 Å². The molecule has 0 nitrogen and oxygen atoms in total. The molecular formula is C50H60Cl2SiZr-2. The summed E-state index contributed by atoms with van der Waals surface area (Å²) < 4.78 is 1.42. The number of hydrogen-bond donors (Lipinski definition) is 0. The van der Waals surface area contributed by atoms with Crippen molar-refractivity contribution in [3.8, 4) is 11.1 Å². The average molecular weight is 851 g/mol. The Kier molecular flexibility index (Phi) is 13.9. The second kappa shape index (κ2) is 16.8. The maximum absolute atomic E-state index is 3.20. The Hall–Kier alpha value is -2.09. The van der Waals surface area contributed by atoms with Gasteiger partial charge in [-0.2, -0.15) is 12.5 Å². The molecule has 0 N–H and O–H groups in total. The van der Waals surface area contributed by atoms with Crippen LogP contribution >= 0.6 is 0 Å². The molecule has 4 aromatic carbocycles. The number of fused-ring (bicyclic) bond motifs is 5. The summed E-state index contributed by atoms with van der Waals surface area (Å²) in [6, 6.07) is 31.4. The van der Waals surface area contributed by atoms with Crippen LogP contribution in [-0.4, -0.2) is 11.3 Å². The monoisotopic (exact) mass is 848 g/mol. The number of halogens is 2. The fraction of sp³-hybridized carbons (Fsp3) is 0.400. The van der Waals surface area contributed by atoms with Gasteiger partial charge >= 0.3 is 99.2 Å². The van der Waals surface area contributed by atoms with E-state index in [2.05, 4.69) is 185 Å². The zero-order chi connectivity index (χ0) is 37.7.